The van der Waals surface area contributed by atoms with Gasteiger partial charge >= 0.3 is 10.2 Å². The minimum absolute atomic E-state index is 0.00297. The Morgan fingerprint density at radius 2 is 1.50 bits per heavy atom. The van der Waals surface area contributed by atoms with Crippen LogP contribution in [0, 0.1) is 33.5 Å². The largest absolute Gasteiger partial charge is 0.343 e. The first-order valence-electron chi connectivity index (χ1n) is 24.5. The molecule has 5 amide bonds. The Labute approximate surface area is 363 Å². The fraction of sp³-hybridized carbons (Fsp3) is 0.889. The zero-order valence-corrected chi connectivity index (χ0v) is 38.3. The van der Waals surface area contributed by atoms with Gasteiger partial charge in [0.2, 0.25) is 23.6 Å². The van der Waals surface area contributed by atoms with E-state index in [2.05, 4.69) is 34.5 Å². The van der Waals surface area contributed by atoms with Crippen LogP contribution in [0.1, 0.15) is 162 Å². The molecule has 2 spiro atoms. The van der Waals surface area contributed by atoms with Gasteiger partial charge in [-0.2, -0.15) is 12.7 Å². The third-order valence-electron chi connectivity index (χ3n) is 16.6. The fourth-order valence-electron chi connectivity index (χ4n) is 12.6. The molecule has 7 aliphatic rings. The molecule has 4 aliphatic carbocycles. The van der Waals surface area contributed by atoms with Crippen LogP contribution < -0.4 is 20.7 Å². The molecule has 0 aromatic heterocycles. The summed E-state index contributed by atoms with van der Waals surface area (Å²) in [5.41, 5.74) is -3.02. The summed E-state index contributed by atoms with van der Waals surface area (Å²) in [5.74, 6) is -3.14. The number of carbonyl (C=O) groups excluding carboxylic acids is 5. The molecule has 0 aromatic rings. The van der Waals surface area contributed by atoms with E-state index in [1.54, 1.807) is 18.7 Å². The van der Waals surface area contributed by atoms with Crippen molar-refractivity contribution in [3.8, 4) is 0 Å². The maximum absolute atomic E-state index is 15.4. The standard InChI is InChI=1S/C45H75N7O7S/c1-9-31-26-45(31,40(57)49-60(58,59)50-23-15-16-24-50)48-37(54)33-27-44(42(7,8)43(44)21-17-22-43)28-52(33)39(56)35(41(4,5)6)47-38(55)34(30-18-11-10-12-19-30)46-36(53)32-20-13-14-25-51(32)29(2)3/h29-35H,9-28H2,1-8H3,(H,46,53)(H,47,55)(H,48,54)(H,49,57)/t31-,32+,33+,34+,35-,44-,45-/m1/s1/i23D2,29D. The molecule has 0 radical (unpaired) electrons. The first-order chi connectivity index (χ1) is 29.2. The minimum atomic E-state index is -4.57. The first kappa shape index (κ1) is 41.2. The van der Waals surface area contributed by atoms with Gasteiger partial charge in [-0.05, 0) is 113 Å². The monoisotopic (exact) mass is 861 g/mol. The number of piperidine rings is 1. The van der Waals surface area contributed by atoms with Gasteiger partial charge in [0.25, 0.3) is 5.91 Å². The molecule has 7 fully saturated rings. The van der Waals surface area contributed by atoms with Gasteiger partial charge < -0.3 is 20.9 Å². The van der Waals surface area contributed by atoms with Crippen LogP contribution in [0.4, 0.5) is 0 Å². The SMILES string of the molecule is [2H]C(C)(C)N1CCCC[C@H]1C(=O)N[C@H](C(=O)N[C@H](C(=O)N1C[C@]2(C[C@H]1C(=O)N[C@]1(C(=O)NS(=O)(=O)N3CCCC3([2H])[2H])C[C@H]1CC)C(C)(C)C21CCC1)C(C)(C)C)C1CCCCC1. The summed E-state index contributed by atoms with van der Waals surface area (Å²) in [4.78, 5) is 76.7. The van der Waals surface area contributed by atoms with Crippen molar-refractivity contribution in [3.63, 3.8) is 0 Å². The molecule has 3 saturated heterocycles. The average molecular weight is 861 g/mol. The van der Waals surface area contributed by atoms with Crippen molar-refractivity contribution < 1.29 is 36.5 Å². The fourth-order valence-corrected chi connectivity index (χ4v) is 13.7. The highest BCUT2D eigenvalue weighted by Gasteiger charge is 2.85. The highest BCUT2D eigenvalue weighted by atomic mass is 32.2. The summed E-state index contributed by atoms with van der Waals surface area (Å²) in [5, 5.41) is 9.21. The lowest BCUT2D eigenvalue weighted by molar-refractivity contribution is -0.145. The highest BCUT2D eigenvalue weighted by molar-refractivity contribution is 7.87. The second kappa shape index (κ2) is 16.4. The maximum Gasteiger partial charge on any atom is 0.303 e. The summed E-state index contributed by atoms with van der Waals surface area (Å²) >= 11 is 0. The van der Waals surface area contributed by atoms with E-state index in [1.165, 1.54) is 0 Å². The quantitative estimate of drug-likeness (QED) is 0.211. The molecule has 60 heavy (non-hydrogen) atoms. The number of nitrogens with one attached hydrogen (secondary N) is 4. The minimum Gasteiger partial charge on any atom is -0.343 e. The lowest BCUT2D eigenvalue weighted by Crippen LogP contribution is -2.63. The van der Waals surface area contributed by atoms with Gasteiger partial charge in [-0.3, -0.25) is 28.9 Å². The Morgan fingerprint density at radius 3 is 2.05 bits per heavy atom. The maximum atomic E-state index is 15.4. The molecular weight excluding hydrogens is 783 g/mol. The molecule has 7 atom stereocenters. The summed E-state index contributed by atoms with van der Waals surface area (Å²) < 4.78 is 54.7. The van der Waals surface area contributed by atoms with E-state index < -0.39 is 81.5 Å². The number of hydrogen-bond donors (Lipinski definition) is 4. The van der Waals surface area contributed by atoms with Crippen molar-refractivity contribution in [2.24, 2.45) is 33.5 Å². The Morgan fingerprint density at radius 1 is 0.833 bits per heavy atom. The van der Waals surface area contributed by atoms with Crippen molar-refractivity contribution in [2.45, 2.75) is 194 Å². The Balaban J connectivity index is 1.16. The molecule has 7 rings (SSSR count). The Hall–Kier alpha value is -2.78. The van der Waals surface area contributed by atoms with Crippen molar-refractivity contribution in [1.82, 2.24) is 34.8 Å². The van der Waals surface area contributed by atoms with E-state index in [4.69, 9.17) is 4.11 Å². The zero-order chi connectivity index (χ0) is 46.3. The van der Waals surface area contributed by atoms with Gasteiger partial charge in [-0.1, -0.05) is 80.1 Å². The first-order valence-corrected chi connectivity index (χ1v) is 24.5. The number of likely N-dealkylation sites (tertiary alicyclic amines) is 2. The van der Waals surface area contributed by atoms with E-state index in [0.29, 0.717) is 36.5 Å². The topological polar surface area (TPSA) is 177 Å². The molecule has 14 nitrogen and oxygen atoms in total. The number of carbonyl (C=O) groups is 5. The second-order valence-corrected chi connectivity index (χ2v) is 22.8. The van der Waals surface area contributed by atoms with Crippen LogP contribution in [0.2, 0.25) is 0 Å². The molecular formula is C45H75N7O7S. The molecule has 15 heteroatoms. The van der Waals surface area contributed by atoms with Crippen molar-refractivity contribution in [3.05, 3.63) is 0 Å². The number of rotatable bonds is 13. The van der Waals surface area contributed by atoms with Crippen LogP contribution >= 0.6 is 0 Å². The van der Waals surface area contributed by atoms with Gasteiger partial charge in [-0.25, -0.2) is 4.72 Å². The zero-order valence-electron chi connectivity index (χ0n) is 40.5. The number of hydrogen-bond acceptors (Lipinski definition) is 8. The second-order valence-electron chi connectivity index (χ2n) is 21.2. The van der Waals surface area contributed by atoms with Gasteiger partial charge in [0.05, 0.1) is 6.04 Å². The molecule has 4 N–H and O–H groups in total. The molecule has 0 bridgehead atoms. The van der Waals surface area contributed by atoms with Gasteiger partial charge in [0.15, 0.2) is 0 Å². The average Bonchev–Trinajstić information content (AvgIpc) is 3.78. The van der Waals surface area contributed by atoms with Gasteiger partial charge in [0, 0.05) is 35.1 Å². The molecule has 3 aliphatic heterocycles. The molecule has 338 valence electrons. The van der Waals surface area contributed by atoms with Gasteiger partial charge in [0.1, 0.15) is 23.7 Å². The van der Waals surface area contributed by atoms with E-state index in [0.717, 1.165) is 64.2 Å². The third kappa shape index (κ3) is 7.70. The van der Waals surface area contributed by atoms with Crippen LogP contribution in [-0.4, -0.2) is 114 Å². The normalized spacial score (nSPS) is 34.4. The predicted molar refractivity (Wildman–Crippen MR) is 229 cm³/mol. The van der Waals surface area contributed by atoms with Crippen LogP contribution in [0.5, 0.6) is 0 Å². The lowest BCUT2D eigenvalue weighted by atomic mass is 9.73. The van der Waals surface area contributed by atoms with E-state index in [1.807, 2.05) is 32.6 Å². The third-order valence-corrected chi connectivity index (χ3v) is 17.9. The van der Waals surface area contributed by atoms with Crippen molar-refractivity contribution in [1.29, 1.82) is 0 Å². The van der Waals surface area contributed by atoms with E-state index in [9.17, 15) is 27.6 Å². The number of fused-ring (bicyclic) bond motifs is 1. The van der Waals surface area contributed by atoms with Gasteiger partial charge in [-0.15, -0.1) is 0 Å². The number of nitrogens with zero attached hydrogens (tertiary/aromatic N) is 3. The number of amides is 5. The van der Waals surface area contributed by atoms with Crippen LogP contribution in [0.3, 0.4) is 0 Å². The van der Waals surface area contributed by atoms with Crippen LogP contribution in [-0.2, 0) is 34.2 Å². The van der Waals surface area contributed by atoms with E-state index >= 15 is 4.79 Å². The molecule has 0 unspecified atom stereocenters. The smallest absolute Gasteiger partial charge is 0.303 e. The Bertz CT molecular complexity index is 1950. The summed E-state index contributed by atoms with van der Waals surface area (Å²) in [6.07, 6.45) is 11.0. The summed E-state index contributed by atoms with van der Waals surface area (Å²) in [7, 11) is -4.57. The van der Waals surface area contributed by atoms with Crippen LogP contribution in [0.25, 0.3) is 0 Å². The highest BCUT2D eigenvalue weighted by Crippen LogP contribution is 2.88. The van der Waals surface area contributed by atoms with E-state index in [-0.39, 0.29) is 59.9 Å². The molecule has 0 aromatic carbocycles. The van der Waals surface area contributed by atoms with Crippen LogP contribution in [0.15, 0.2) is 0 Å². The van der Waals surface area contributed by atoms with Crippen molar-refractivity contribution in [2.75, 3.05) is 26.1 Å². The lowest BCUT2D eigenvalue weighted by Gasteiger charge is -2.40. The molecule has 4 saturated carbocycles. The summed E-state index contributed by atoms with van der Waals surface area (Å²) in [6, 6.07) is -4.53. The Kier molecular flexibility index (Phi) is 11.3. The van der Waals surface area contributed by atoms with Crippen molar-refractivity contribution >= 4 is 39.7 Å². The predicted octanol–water partition coefficient (Wildman–Crippen LogP) is 4.38. The molecule has 3 heterocycles. The summed E-state index contributed by atoms with van der Waals surface area (Å²) in [6.45, 7) is 14.1.